The van der Waals surface area contributed by atoms with Crippen LogP contribution in [0.1, 0.15) is 12.8 Å². The molecule has 1 saturated heterocycles. The van der Waals surface area contributed by atoms with Crippen molar-refractivity contribution in [1.29, 1.82) is 0 Å². The van der Waals surface area contributed by atoms with Crippen LogP contribution in [-0.2, 0) is 14.3 Å². The average Bonchev–Trinajstić information content (AvgIpc) is 2.37. The third kappa shape index (κ3) is 2.37. The van der Waals surface area contributed by atoms with Gasteiger partial charge in [-0.05, 0) is 0 Å². The number of hydrogen-bond acceptors (Lipinski definition) is 3. The predicted octanol–water partition coefficient (Wildman–Crippen LogP) is 0.0470. The van der Waals surface area contributed by atoms with E-state index in [1.165, 1.54) is 0 Å². The minimum Gasteiger partial charge on any atom is -0.464 e. The second-order valence-electron chi connectivity index (χ2n) is 2.52. The van der Waals surface area contributed by atoms with Crippen LogP contribution in [0.3, 0.4) is 0 Å². The summed E-state index contributed by atoms with van der Waals surface area (Å²) < 4.78 is 4.66. The molecule has 1 unspecified atom stereocenters. The second kappa shape index (κ2) is 4.30. The molecule has 1 atom stereocenters. The quantitative estimate of drug-likeness (QED) is 0.507. The minimum absolute atomic E-state index is 0.200. The first-order valence-corrected chi connectivity index (χ1v) is 4.29. The zero-order valence-corrected chi connectivity index (χ0v) is 7.26. The van der Waals surface area contributed by atoms with Crippen LogP contribution in [0.15, 0.2) is 0 Å². The molecule has 68 valence electrons. The zero-order valence-electron chi connectivity index (χ0n) is 6.51. The van der Waals surface area contributed by atoms with Crippen molar-refractivity contribution in [3.8, 4) is 0 Å². The molecule has 1 N–H and O–H groups in total. The van der Waals surface area contributed by atoms with E-state index in [2.05, 4.69) is 10.1 Å². The van der Waals surface area contributed by atoms with Crippen LogP contribution in [0.25, 0.3) is 0 Å². The number of alkyl halides is 1. The van der Waals surface area contributed by atoms with Crippen molar-refractivity contribution in [3.63, 3.8) is 0 Å². The van der Waals surface area contributed by atoms with Crippen LogP contribution in [0, 0.1) is 0 Å². The summed E-state index contributed by atoms with van der Waals surface area (Å²) in [6.45, 7) is 0.394. The monoisotopic (exact) mass is 191 g/mol. The van der Waals surface area contributed by atoms with Crippen molar-refractivity contribution >= 4 is 23.5 Å². The van der Waals surface area contributed by atoms with Gasteiger partial charge in [-0.25, -0.2) is 4.79 Å². The molecule has 0 aromatic carbocycles. The number of esters is 1. The first kappa shape index (κ1) is 9.32. The molecule has 0 bridgehead atoms. The molecule has 0 radical (unpaired) electrons. The van der Waals surface area contributed by atoms with Gasteiger partial charge < -0.3 is 10.1 Å². The normalized spacial score (nSPS) is 22.1. The van der Waals surface area contributed by atoms with Gasteiger partial charge in [0.15, 0.2) is 0 Å². The number of amides is 1. The largest absolute Gasteiger partial charge is 0.464 e. The lowest BCUT2D eigenvalue weighted by Crippen LogP contribution is -2.37. The van der Waals surface area contributed by atoms with Gasteiger partial charge in [0.1, 0.15) is 6.04 Å². The Labute approximate surface area is 75.2 Å². The van der Waals surface area contributed by atoms with Crippen LogP contribution >= 0.6 is 11.6 Å². The fourth-order valence-electron chi connectivity index (χ4n) is 0.979. The van der Waals surface area contributed by atoms with E-state index in [4.69, 9.17) is 11.6 Å². The third-order valence-electron chi connectivity index (χ3n) is 1.59. The Bertz CT molecular complexity index is 195. The summed E-state index contributed by atoms with van der Waals surface area (Å²) in [5.41, 5.74) is 0. The minimum atomic E-state index is -0.458. The van der Waals surface area contributed by atoms with E-state index in [0.29, 0.717) is 13.0 Å². The number of carbonyl (C=O) groups is 2. The number of ether oxygens (including phenoxy) is 1. The van der Waals surface area contributed by atoms with E-state index in [1.807, 2.05) is 0 Å². The van der Waals surface area contributed by atoms with E-state index >= 15 is 0 Å². The molecule has 0 aromatic rings. The van der Waals surface area contributed by atoms with E-state index in [-0.39, 0.29) is 24.2 Å². The lowest BCUT2D eigenvalue weighted by Gasteiger charge is -2.06. The molecule has 1 rings (SSSR count). The van der Waals surface area contributed by atoms with Gasteiger partial charge in [0.05, 0.1) is 6.61 Å². The first-order chi connectivity index (χ1) is 5.74. The van der Waals surface area contributed by atoms with Crippen LogP contribution in [0.4, 0.5) is 0 Å². The summed E-state index contributed by atoms with van der Waals surface area (Å²) in [5.74, 6) is -0.278. The maximum atomic E-state index is 10.9. The van der Waals surface area contributed by atoms with Gasteiger partial charge >= 0.3 is 5.97 Å². The van der Waals surface area contributed by atoms with Gasteiger partial charge in [0, 0.05) is 18.7 Å². The molecule has 0 aromatic heterocycles. The van der Waals surface area contributed by atoms with E-state index in [0.717, 1.165) is 0 Å². The molecule has 1 aliphatic heterocycles. The Morgan fingerprint density at radius 3 is 3.00 bits per heavy atom. The highest BCUT2D eigenvalue weighted by Gasteiger charge is 2.27. The number of rotatable bonds is 3. The molecule has 4 nitrogen and oxygen atoms in total. The summed E-state index contributed by atoms with van der Waals surface area (Å²) in [4.78, 5) is 21.8. The molecule has 5 heteroatoms. The van der Waals surface area contributed by atoms with Crippen molar-refractivity contribution in [1.82, 2.24) is 5.32 Å². The number of nitrogens with one attached hydrogen (secondary N) is 1. The number of carbonyl (C=O) groups excluding carboxylic acids is 2. The highest BCUT2D eigenvalue weighted by molar-refractivity contribution is 6.18. The van der Waals surface area contributed by atoms with Crippen molar-refractivity contribution in [3.05, 3.63) is 0 Å². The Hall–Kier alpha value is -0.770. The van der Waals surface area contributed by atoms with Crippen molar-refractivity contribution < 1.29 is 14.3 Å². The summed E-state index contributed by atoms with van der Waals surface area (Å²) in [6.07, 6.45) is 0.804. The van der Waals surface area contributed by atoms with Crippen LogP contribution < -0.4 is 5.32 Å². The molecule has 1 amide bonds. The molecule has 0 saturated carbocycles. The van der Waals surface area contributed by atoms with Gasteiger partial charge in [0.2, 0.25) is 5.91 Å². The van der Waals surface area contributed by atoms with E-state index < -0.39 is 6.04 Å². The molecule has 0 spiro atoms. The van der Waals surface area contributed by atoms with Crippen molar-refractivity contribution in [2.45, 2.75) is 18.9 Å². The van der Waals surface area contributed by atoms with Crippen LogP contribution in [0.5, 0.6) is 0 Å². The lowest BCUT2D eigenvalue weighted by molar-refractivity contribution is -0.141. The third-order valence-corrected chi connectivity index (χ3v) is 1.78. The predicted molar refractivity (Wildman–Crippen MR) is 42.8 cm³/mol. The lowest BCUT2D eigenvalue weighted by atomic mass is 10.2. The van der Waals surface area contributed by atoms with Gasteiger partial charge in [-0.2, -0.15) is 0 Å². The fourth-order valence-corrected chi connectivity index (χ4v) is 1.15. The van der Waals surface area contributed by atoms with Crippen LogP contribution in [-0.4, -0.2) is 30.4 Å². The maximum Gasteiger partial charge on any atom is 0.328 e. The molecule has 1 heterocycles. The van der Waals surface area contributed by atoms with E-state index in [1.54, 1.807) is 0 Å². The molecule has 1 fully saturated rings. The van der Waals surface area contributed by atoms with E-state index in [9.17, 15) is 9.59 Å². The Morgan fingerprint density at radius 2 is 2.50 bits per heavy atom. The summed E-state index contributed by atoms with van der Waals surface area (Å²) in [6, 6.07) is -0.458. The van der Waals surface area contributed by atoms with Gasteiger partial charge in [-0.15, -0.1) is 11.6 Å². The highest BCUT2D eigenvalue weighted by atomic mass is 35.5. The van der Waals surface area contributed by atoms with Crippen molar-refractivity contribution in [2.24, 2.45) is 0 Å². The fraction of sp³-hybridized carbons (Fsp3) is 0.714. The summed E-state index contributed by atoms with van der Waals surface area (Å²) in [7, 11) is 0. The number of hydrogen-bond donors (Lipinski definition) is 1. The Kier molecular flexibility index (Phi) is 3.34. The summed E-state index contributed by atoms with van der Waals surface area (Å²) >= 11 is 5.34. The topological polar surface area (TPSA) is 55.4 Å². The molecule has 12 heavy (non-hydrogen) atoms. The maximum absolute atomic E-state index is 10.9. The Morgan fingerprint density at radius 1 is 1.75 bits per heavy atom. The first-order valence-electron chi connectivity index (χ1n) is 3.76. The summed E-state index contributed by atoms with van der Waals surface area (Å²) in [5, 5.41) is 2.53. The van der Waals surface area contributed by atoms with Gasteiger partial charge in [0.25, 0.3) is 0 Å². The zero-order chi connectivity index (χ0) is 8.97. The molecular weight excluding hydrogens is 182 g/mol. The molecular formula is C7H10ClNO3. The van der Waals surface area contributed by atoms with Gasteiger partial charge in [-0.3, -0.25) is 4.79 Å². The smallest absolute Gasteiger partial charge is 0.328 e. The van der Waals surface area contributed by atoms with Gasteiger partial charge in [-0.1, -0.05) is 0 Å². The SMILES string of the molecule is O=C(CCCl)NC1CCOC1=O. The van der Waals surface area contributed by atoms with Crippen molar-refractivity contribution in [2.75, 3.05) is 12.5 Å². The second-order valence-corrected chi connectivity index (χ2v) is 2.89. The number of cyclic esters (lactones) is 1. The standard InChI is InChI=1S/C7H10ClNO3/c8-3-1-6(10)9-5-2-4-12-7(5)11/h5H,1-4H2,(H,9,10). The average molecular weight is 192 g/mol. The highest BCUT2D eigenvalue weighted by Crippen LogP contribution is 2.05. The number of halogens is 1. The van der Waals surface area contributed by atoms with Crippen LogP contribution in [0.2, 0.25) is 0 Å². The molecule has 1 aliphatic rings. The molecule has 0 aliphatic carbocycles. The Balaban J connectivity index is 2.30.